The zero-order valence-electron chi connectivity index (χ0n) is 12.3. The molecule has 1 aliphatic rings. The first-order chi connectivity index (χ1) is 11.0. The quantitative estimate of drug-likeness (QED) is 0.882. The average molecular weight is 333 g/mol. The van der Waals surface area contributed by atoms with Crippen LogP contribution in [0.4, 0.5) is 4.39 Å². The van der Waals surface area contributed by atoms with Crippen molar-refractivity contribution in [1.29, 1.82) is 0 Å². The van der Waals surface area contributed by atoms with Gasteiger partial charge in [0.15, 0.2) is 0 Å². The lowest BCUT2D eigenvalue weighted by molar-refractivity contribution is -0.130. The van der Waals surface area contributed by atoms with Gasteiger partial charge in [-0.25, -0.2) is 9.18 Å². The predicted molar refractivity (Wildman–Crippen MR) is 85.1 cm³/mol. The fourth-order valence-corrected chi connectivity index (χ4v) is 3.67. The molecule has 1 aliphatic carbocycles. The largest absolute Gasteiger partial charge is 0.477 e. The van der Waals surface area contributed by atoms with Gasteiger partial charge in [-0.15, -0.1) is 11.3 Å². The summed E-state index contributed by atoms with van der Waals surface area (Å²) in [5, 5.41) is 11.8. The first-order valence-electron chi connectivity index (χ1n) is 7.38. The van der Waals surface area contributed by atoms with E-state index in [1.807, 2.05) is 0 Å². The van der Waals surface area contributed by atoms with Crippen LogP contribution in [0.2, 0.25) is 0 Å². The molecule has 0 saturated heterocycles. The zero-order chi connectivity index (χ0) is 16.4. The Bertz CT molecular complexity index is 752. The molecule has 4 nitrogen and oxygen atoms in total. The standard InChI is InChI=1S/C17H16FNO3S/c18-12-4-1-3-11(9-12)17(7-2-8-17)16(22)19-10-13-5-6-14(23-13)15(20)21/h1,3-6,9H,2,7-8,10H2,(H,19,22)(H,20,21). The van der Waals surface area contributed by atoms with Crippen molar-refractivity contribution in [2.75, 3.05) is 0 Å². The van der Waals surface area contributed by atoms with Crippen molar-refractivity contribution in [2.24, 2.45) is 0 Å². The summed E-state index contributed by atoms with van der Waals surface area (Å²) in [6.07, 6.45) is 2.34. The molecule has 6 heteroatoms. The number of carboxylic acid groups (broad SMARTS) is 1. The lowest BCUT2D eigenvalue weighted by Crippen LogP contribution is -2.49. The van der Waals surface area contributed by atoms with Crippen molar-refractivity contribution < 1.29 is 19.1 Å². The lowest BCUT2D eigenvalue weighted by Gasteiger charge is -2.40. The maximum Gasteiger partial charge on any atom is 0.345 e. The fourth-order valence-electron chi connectivity index (χ4n) is 2.89. The van der Waals surface area contributed by atoms with Gasteiger partial charge in [0, 0.05) is 4.88 Å². The normalized spacial score (nSPS) is 15.7. The molecule has 0 atom stereocenters. The molecule has 0 aliphatic heterocycles. The van der Waals surface area contributed by atoms with E-state index in [0.29, 0.717) is 18.4 Å². The van der Waals surface area contributed by atoms with Crippen LogP contribution in [0.5, 0.6) is 0 Å². The average Bonchev–Trinajstić information content (AvgIpc) is 2.93. The molecule has 0 spiro atoms. The van der Waals surface area contributed by atoms with Crippen LogP contribution in [0.3, 0.4) is 0 Å². The van der Waals surface area contributed by atoms with E-state index in [2.05, 4.69) is 5.32 Å². The van der Waals surface area contributed by atoms with Crippen LogP contribution in [0, 0.1) is 5.82 Å². The van der Waals surface area contributed by atoms with E-state index in [9.17, 15) is 14.0 Å². The van der Waals surface area contributed by atoms with Crippen LogP contribution < -0.4 is 5.32 Å². The fraction of sp³-hybridized carbons (Fsp3) is 0.294. The molecule has 1 heterocycles. The molecule has 0 radical (unpaired) electrons. The lowest BCUT2D eigenvalue weighted by atomic mass is 9.64. The Morgan fingerprint density at radius 3 is 2.61 bits per heavy atom. The molecular weight excluding hydrogens is 317 g/mol. The zero-order valence-corrected chi connectivity index (χ0v) is 13.2. The third kappa shape index (κ3) is 2.99. The summed E-state index contributed by atoms with van der Waals surface area (Å²) >= 11 is 1.14. The van der Waals surface area contributed by atoms with E-state index in [-0.39, 0.29) is 23.1 Å². The minimum Gasteiger partial charge on any atom is -0.477 e. The van der Waals surface area contributed by atoms with E-state index < -0.39 is 11.4 Å². The van der Waals surface area contributed by atoms with Crippen molar-refractivity contribution in [3.63, 3.8) is 0 Å². The number of thiophene rings is 1. The van der Waals surface area contributed by atoms with Crippen molar-refractivity contribution in [2.45, 2.75) is 31.2 Å². The Balaban J connectivity index is 1.72. The van der Waals surface area contributed by atoms with Crippen molar-refractivity contribution in [3.8, 4) is 0 Å². The molecule has 1 aromatic heterocycles. The molecule has 1 aromatic carbocycles. The highest BCUT2D eigenvalue weighted by atomic mass is 32.1. The first kappa shape index (κ1) is 15.7. The smallest absolute Gasteiger partial charge is 0.345 e. The van der Waals surface area contributed by atoms with Gasteiger partial charge >= 0.3 is 5.97 Å². The number of benzene rings is 1. The monoisotopic (exact) mass is 333 g/mol. The number of hydrogen-bond donors (Lipinski definition) is 2. The predicted octanol–water partition coefficient (Wildman–Crippen LogP) is 3.32. The SMILES string of the molecule is O=C(O)c1ccc(CNC(=O)C2(c3cccc(F)c3)CCC2)s1. The number of hydrogen-bond acceptors (Lipinski definition) is 3. The second-order valence-electron chi connectivity index (χ2n) is 5.70. The number of carbonyl (C=O) groups excluding carboxylic acids is 1. The number of halogens is 1. The molecule has 1 fully saturated rings. The Hall–Kier alpha value is -2.21. The van der Waals surface area contributed by atoms with Gasteiger partial charge in [-0.3, -0.25) is 4.79 Å². The molecule has 0 bridgehead atoms. The topological polar surface area (TPSA) is 66.4 Å². The van der Waals surface area contributed by atoms with E-state index in [0.717, 1.165) is 22.6 Å². The van der Waals surface area contributed by atoms with Crippen LogP contribution >= 0.6 is 11.3 Å². The van der Waals surface area contributed by atoms with E-state index >= 15 is 0 Å². The minimum atomic E-state index is -0.970. The Kier molecular flexibility index (Phi) is 4.17. The molecule has 2 N–H and O–H groups in total. The summed E-state index contributed by atoms with van der Waals surface area (Å²) in [7, 11) is 0. The molecule has 2 aromatic rings. The van der Waals surface area contributed by atoms with E-state index in [4.69, 9.17) is 5.11 Å². The maximum absolute atomic E-state index is 13.5. The highest BCUT2D eigenvalue weighted by molar-refractivity contribution is 7.13. The summed E-state index contributed by atoms with van der Waals surface area (Å²) < 4.78 is 13.5. The third-order valence-corrected chi connectivity index (χ3v) is 5.39. The Morgan fingerprint density at radius 2 is 2.04 bits per heavy atom. The minimum absolute atomic E-state index is 0.125. The van der Waals surface area contributed by atoms with Crippen molar-refractivity contribution >= 4 is 23.2 Å². The molecule has 0 unspecified atom stereocenters. The molecule has 1 amide bonds. The molecule has 23 heavy (non-hydrogen) atoms. The number of carboxylic acids is 1. The molecule has 3 rings (SSSR count). The van der Waals surface area contributed by atoms with Gasteiger partial charge in [-0.2, -0.15) is 0 Å². The molecule has 120 valence electrons. The number of aromatic carboxylic acids is 1. The van der Waals surface area contributed by atoms with Crippen molar-refractivity contribution in [3.05, 3.63) is 57.5 Å². The number of amides is 1. The highest BCUT2D eigenvalue weighted by Crippen LogP contribution is 2.44. The summed E-state index contributed by atoms with van der Waals surface area (Å²) in [4.78, 5) is 24.5. The van der Waals surface area contributed by atoms with Gasteiger partial charge in [0.05, 0.1) is 12.0 Å². The van der Waals surface area contributed by atoms with Crippen LogP contribution in [0.1, 0.15) is 39.4 Å². The molecule has 1 saturated carbocycles. The second-order valence-corrected chi connectivity index (χ2v) is 6.87. The summed E-state index contributed by atoms with van der Waals surface area (Å²) in [6, 6.07) is 9.43. The Labute approximate surface area is 137 Å². The van der Waals surface area contributed by atoms with Crippen molar-refractivity contribution in [1.82, 2.24) is 5.32 Å². The number of carbonyl (C=O) groups is 2. The third-order valence-electron chi connectivity index (χ3n) is 4.31. The summed E-state index contributed by atoms with van der Waals surface area (Å²) in [6.45, 7) is 0.286. The highest BCUT2D eigenvalue weighted by Gasteiger charge is 2.45. The van der Waals surface area contributed by atoms with Crippen LogP contribution in [0.15, 0.2) is 36.4 Å². The van der Waals surface area contributed by atoms with Crippen LogP contribution in [-0.2, 0) is 16.8 Å². The number of nitrogens with one attached hydrogen (secondary N) is 1. The van der Waals surface area contributed by atoms with Gasteiger partial charge in [0.1, 0.15) is 10.7 Å². The summed E-state index contributed by atoms with van der Waals surface area (Å²) in [5.41, 5.74) is 0.0493. The van der Waals surface area contributed by atoms with E-state index in [1.165, 1.54) is 18.2 Å². The van der Waals surface area contributed by atoms with Gasteiger partial charge < -0.3 is 10.4 Å². The van der Waals surface area contributed by atoms with Gasteiger partial charge in [-0.1, -0.05) is 18.6 Å². The summed E-state index contributed by atoms with van der Waals surface area (Å²) in [5.74, 6) is -1.44. The van der Waals surface area contributed by atoms with Gasteiger partial charge in [0.2, 0.25) is 5.91 Å². The molecular formula is C17H16FNO3S. The van der Waals surface area contributed by atoms with Gasteiger partial charge in [-0.05, 0) is 42.7 Å². The van der Waals surface area contributed by atoms with Crippen LogP contribution in [0.25, 0.3) is 0 Å². The Morgan fingerprint density at radius 1 is 1.26 bits per heavy atom. The van der Waals surface area contributed by atoms with Gasteiger partial charge in [0.25, 0.3) is 0 Å². The maximum atomic E-state index is 13.5. The van der Waals surface area contributed by atoms with E-state index in [1.54, 1.807) is 18.2 Å². The number of rotatable bonds is 5. The second kappa shape index (κ2) is 6.12. The van der Waals surface area contributed by atoms with Crippen LogP contribution in [-0.4, -0.2) is 17.0 Å². The first-order valence-corrected chi connectivity index (χ1v) is 8.19.